The van der Waals surface area contributed by atoms with E-state index in [4.69, 9.17) is 4.74 Å². The topological polar surface area (TPSA) is 108 Å². The first-order valence-electron chi connectivity index (χ1n) is 11.5. The molecule has 3 heterocycles. The van der Waals surface area contributed by atoms with Gasteiger partial charge in [0.25, 0.3) is 0 Å². The molecule has 0 aromatic heterocycles. The highest BCUT2D eigenvalue weighted by molar-refractivity contribution is 8.02. The number of anilines is 1. The largest absolute Gasteiger partial charge is 0.497 e. The molecule has 0 radical (unpaired) electrons. The number of ether oxygens (including phenoxy) is 1. The minimum atomic E-state index is -0.752. The fraction of sp³-hybridized carbons (Fsp3) is 0.625. The lowest BCUT2D eigenvalue weighted by molar-refractivity contribution is -0.142. The highest BCUT2D eigenvalue weighted by Gasteiger charge is 2.74. The molecule has 9 heteroatoms. The molecule has 2 unspecified atom stereocenters. The van der Waals surface area contributed by atoms with Crippen LogP contribution in [-0.4, -0.2) is 70.6 Å². The number of carbonyl (C=O) groups is 3. The van der Waals surface area contributed by atoms with Crippen molar-refractivity contribution in [2.24, 2.45) is 17.8 Å². The van der Waals surface area contributed by atoms with Crippen LogP contribution in [0.2, 0.25) is 0 Å². The van der Waals surface area contributed by atoms with E-state index in [-0.39, 0.29) is 35.5 Å². The van der Waals surface area contributed by atoms with E-state index in [2.05, 4.69) is 10.6 Å². The molecule has 3 N–H and O–H groups in total. The number of thioether (sulfide) groups is 1. The lowest BCUT2D eigenvalue weighted by atomic mass is 9.70. The van der Waals surface area contributed by atoms with Gasteiger partial charge in [-0.3, -0.25) is 14.4 Å². The van der Waals surface area contributed by atoms with Crippen molar-refractivity contribution in [3.8, 4) is 5.75 Å². The fourth-order valence-electron chi connectivity index (χ4n) is 5.96. The number of carbonyl (C=O) groups excluding carboxylic acids is 3. The predicted octanol–water partition coefficient (Wildman–Crippen LogP) is 1.88. The Morgan fingerprint density at radius 3 is 2.55 bits per heavy atom. The Labute approximate surface area is 198 Å². The van der Waals surface area contributed by atoms with Crippen molar-refractivity contribution < 1.29 is 24.2 Å². The van der Waals surface area contributed by atoms with Crippen LogP contribution < -0.4 is 15.4 Å². The van der Waals surface area contributed by atoms with Gasteiger partial charge in [-0.05, 0) is 49.4 Å². The van der Waals surface area contributed by atoms with Gasteiger partial charge in [-0.15, -0.1) is 11.8 Å². The van der Waals surface area contributed by atoms with Crippen LogP contribution in [0.5, 0.6) is 5.75 Å². The lowest BCUT2D eigenvalue weighted by Gasteiger charge is -2.37. The number of fused-ring (bicyclic) bond motifs is 1. The third-order valence-corrected chi connectivity index (χ3v) is 9.19. The van der Waals surface area contributed by atoms with Gasteiger partial charge in [-0.1, -0.05) is 13.8 Å². The maximum Gasteiger partial charge on any atom is 0.248 e. The SMILES string of the molecule is CNC(=O)[C@@H]1[C@@H]2CCC3(S2)C(C(=O)Nc2ccc(OC)cc2)N([C@@H](CO)CC(C)C)C(=O)[C@H]13. The molecule has 3 aliphatic rings. The van der Waals surface area contributed by atoms with Crippen LogP contribution in [0.15, 0.2) is 24.3 Å². The summed E-state index contributed by atoms with van der Waals surface area (Å²) < 4.78 is 4.53. The fourth-order valence-corrected chi connectivity index (χ4v) is 8.16. The number of benzene rings is 1. The summed E-state index contributed by atoms with van der Waals surface area (Å²) in [7, 11) is 3.17. The van der Waals surface area contributed by atoms with E-state index in [0.717, 1.165) is 6.42 Å². The van der Waals surface area contributed by atoms with Gasteiger partial charge in [0.15, 0.2) is 0 Å². The zero-order valence-corrected chi connectivity index (χ0v) is 20.4. The highest BCUT2D eigenvalue weighted by atomic mass is 32.2. The summed E-state index contributed by atoms with van der Waals surface area (Å²) in [6.07, 6.45) is 2.07. The summed E-state index contributed by atoms with van der Waals surface area (Å²) in [4.78, 5) is 42.0. The number of amides is 3. The smallest absolute Gasteiger partial charge is 0.248 e. The van der Waals surface area contributed by atoms with Gasteiger partial charge in [-0.2, -0.15) is 0 Å². The zero-order valence-electron chi connectivity index (χ0n) is 19.5. The van der Waals surface area contributed by atoms with Crippen molar-refractivity contribution in [3.05, 3.63) is 24.3 Å². The first kappa shape index (κ1) is 23.9. The van der Waals surface area contributed by atoms with E-state index in [1.807, 2.05) is 13.8 Å². The number of aliphatic hydroxyl groups is 1. The minimum absolute atomic E-state index is 0.0232. The Morgan fingerprint density at radius 2 is 1.97 bits per heavy atom. The van der Waals surface area contributed by atoms with Gasteiger partial charge >= 0.3 is 0 Å². The van der Waals surface area contributed by atoms with Crippen LogP contribution in [0.25, 0.3) is 0 Å². The summed E-state index contributed by atoms with van der Waals surface area (Å²) in [5.74, 6) is -0.711. The summed E-state index contributed by atoms with van der Waals surface area (Å²) in [5, 5.41) is 16.0. The number of likely N-dealkylation sites (tertiary alicyclic amines) is 1. The molecule has 1 aromatic carbocycles. The van der Waals surface area contributed by atoms with Crippen LogP contribution in [0.3, 0.4) is 0 Å². The van der Waals surface area contributed by atoms with Gasteiger partial charge in [0.2, 0.25) is 17.7 Å². The molecule has 1 aromatic rings. The molecular formula is C24H33N3O5S. The summed E-state index contributed by atoms with van der Waals surface area (Å²) in [5.41, 5.74) is 0.609. The van der Waals surface area contributed by atoms with Gasteiger partial charge in [0, 0.05) is 18.0 Å². The Balaban J connectivity index is 1.72. The quantitative estimate of drug-likeness (QED) is 0.530. The zero-order chi connectivity index (χ0) is 23.9. The summed E-state index contributed by atoms with van der Waals surface area (Å²) >= 11 is 1.62. The van der Waals surface area contributed by atoms with Gasteiger partial charge in [0.1, 0.15) is 11.8 Å². The Kier molecular flexibility index (Phi) is 6.64. The average molecular weight is 476 g/mol. The normalized spacial score (nSPS) is 31.0. The van der Waals surface area contributed by atoms with Crippen LogP contribution >= 0.6 is 11.8 Å². The second-order valence-electron chi connectivity index (χ2n) is 9.60. The third-order valence-electron chi connectivity index (χ3n) is 7.24. The van der Waals surface area contributed by atoms with Crippen LogP contribution in [0.1, 0.15) is 33.1 Å². The minimum Gasteiger partial charge on any atom is -0.497 e. The predicted molar refractivity (Wildman–Crippen MR) is 127 cm³/mol. The third kappa shape index (κ3) is 3.89. The average Bonchev–Trinajstić information content (AvgIpc) is 3.44. The van der Waals surface area contributed by atoms with Crippen molar-refractivity contribution in [1.82, 2.24) is 10.2 Å². The molecule has 3 aliphatic heterocycles. The lowest BCUT2D eigenvalue weighted by Crippen LogP contribution is -2.55. The van der Waals surface area contributed by atoms with Gasteiger partial charge < -0.3 is 25.4 Å². The molecule has 3 amide bonds. The molecule has 6 atom stereocenters. The number of hydrogen-bond donors (Lipinski definition) is 3. The first-order valence-corrected chi connectivity index (χ1v) is 12.4. The van der Waals surface area contributed by atoms with E-state index >= 15 is 0 Å². The maximum atomic E-state index is 13.9. The Hall–Kier alpha value is -2.26. The molecular weight excluding hydrogens is 442 g/mol. The number of nitrogens with zero attached hydrogens (tertiary/aromatic N) is 1. The Bertz CT molecular complexity index is 923. The van der Waals surface area contributed by atoms with E-state index < -0.39 is 28.7 Å². The molecule has 0 saturated carbocycles. The van der Waals surface area contributed by atoms with Crippen molar-refractivity contribution in [3.63, 3.8) is 0 Å². The molecule has 3 saturated heterocycles. The second kappa shape index (κ2) is 9.18. The van der Waals surface area contributed by atoms with E-state index in [1.165, 1.54) is 0 Å². The first-order chi connectivity index (χ1) is 15.8. The van der Waals surface area contributed by atoms with E-state index in [0.29, 0.717) is 24.3 Å². The van der Waals surface area contributed by atoms with Gasteiger partial charge in [0.05, 0.1) is 36.3 Å². The van der Waals surface area contributed by atoms with Crippen molar-refractivity contribution >= 4 is 35.2 Å². The molecule has 33 heavy (non-hydrogen) atoms. The highest BCUT2D eigenvalue weighted by Crippen LogP contribution is 2.66. The van der Waals surface area contributed by atoms with Crippen molar-refractivity contribution in [2.45, 2.75) is 55.2 Å². The van der Waals surface area contributed by atoms with E-state index in [1.54, 1.807) is 55.1 Å². The molecule has 2 bridgehead atoms. The van der Waals surface area contributed by atoms with E-state index in [9.17, 15) is 19.5 Å². The van der Waals surface area contributed by atoms with Crippen molar-refractivity contribution in [1.29, 1.82) is 0 Å². The molecule has 1 spiro atoms. The van der Waals surface area contributed by atoms with Crippen LogP contribution in [0, 0.1) is 17.8 Å². The Morgan fingerprint density at radius 1 is 1.27 bits per heavy atom. The summed E-state index contributed by atoms with van der Waals surface area (Å²) in [6, 6.07) is 5.82. The van der Waals surface area contributed by atoms with Crippen LogP contribution in [0.4, 0.5) is 5.69 Å². The maximum absolute atomic E-state index is 13.9. The monoisotopic (exact) mass is 475 g/mol. The summed E-state index contributed by atoms with van der Waals surface area (Å²) in [6.45, 7) is 3.84. The second-order valence-corrected chi connectivity index (χ2v) is 11.2. The molecule has 0 aliphatic carbocycles. The molecule has 4 rings (SSSR count). The molecule has 8 nitrogen and oxygen atoms in total. The number of rotatable bonds is 8. The van der Waals surface area contributed by atoms with Crippen LogP contribution in [-0.2, 0) is 14.4 Å². The standard InChI is InChI=1S/C24H33N3O5S/c1-13(2)11-15(12-28)27-20(22(30)26-14-5-7-16(32-4)8-6-14)24-10-9-17(33-24)18(21(29)25-3)19(24)23(27)31/h5-8,13,15,17-20,28H,9-12H2,1-4H3,(H,25,29)(H,26,30)/t15-,17+,18-,19+,20?,24?/m1/s1. The number of aliphatic hydroxyl groups excluding tert-OH is 1. The van der Waals surface area contributed by atoms with Crippen molar-refractivity contribution in [2.75, 3.05) is 26.1 Å². The molecule has 3 fully saturated rings. The molecule has 180 valence electrons. The number of nitrogens with one attached hydrogen (secondary N) is 2. The number of hydrogen-bond acceptors (Lipinski definition) is 6. The van der Waals surface area contributed by atoms with Gasteiger partial charge in [-0.25, -0.2) is 0 Å². The number of methoxy groups -OCH3 is 1.